The van der Waals surface area contributed by atoms with Gasteiger partial charge in [-0.2, -0.15) is 4.31 Å². The molecular formula is C21H25NO5S. The van der Waals surface area contributed by atoms with Crippen LogP contribution in [0.15, 0.2) is 53.4 Å². The molecule has 6 nitrogen and oxygen atoms in total. The summed E-state index contributed by atoms with van der Waals surface area (Å²) in [4.78, 5) is 12.6. The number of benzene rings is 2. The van der Waals surface area contributed by atoms with Crippen molar-refractivity contribution in [2.75, 3.05) is 13.1 Å². The molecule has 0 spiro atoms. The van der Waals surface area contributed by atoms with Crippen LogP contribution in [0.4, 0.5) is 0 Å². The lowest BCUT2D eigenvalue weighted by Gasteiger charge is -2.34. The van der Waals surface area contributed by atoms with Crippen LogP contribution < -0.4 is 4.74 Å². The Kier molecular flexibility index (Phi) is 6.17. The molecule has 28 heavy (non-hydrogen) atoms. The van der Waals surface area contributed by atoms with E-state index in [-0.39, 0.29) is 35.8 Å². The van der Waals surface area contributed by atoms with Gasteiger partial charge in [0.1, 0.15) is 5.75 Å². The first kappa shape index (κ1) is 20.5. The highest BCUT2D eigenvalue weighted by molar-refractivity contribution is 7.89. The summed E-state index contributed by atoms with van der Waals surface area (Å²) in [5, 5.41) is 0. The highest BCUT2D eigenvalue weighted by atomic mass is 32.2. The van der Waals surface area contributed by atoms with Crippen LogP contribution in [0.3, 0.4) is 0 Å². The van der Waals surface area contributed by atoms with Gasteiger partial charge in [0.2, 0.25) is 10.0 Å². The average molecular weight is 404 g/mol. The third-order valence-electron chi connectivity index (χ3n) is 4.64. The van der Waals surface area contributed by atoms with Crippen molar-refractivity contribution in [1.82, 2.24) is 4.31 Å². The number of rotatable bonds is 5. The number of carbonyl (C=O) groups is 1. The number of carbonyl (C=O) groups excluding carboxylic acids is 1. The second-order valence-corrected chi connectivity index (χ2v) is 8.93. The number of hydrogen-bond donors (Lipinski definition) is 0. The zero-order valence-corrected chi connectivity index (χ0v) is 17.1. The molecule has 1 fully saturated rings. The first-order chi connectivity index (χ1) is 13.3. The SMILES string of the molecule is CCc1ccc(OC(=O)c2cccc(S(=O)(=O)N3CC(C)OC(C)C3)c2)cc1. The van der Waals surface area contributed by atoms with Crippen molar-refractivity contribution >= 4 is 16.0 Å². The third kappa shape index (κ3) is 4.60. The standard InChI is InChI=1S/C21H25NO5S/c1-4-17-8-10-19(11-9-17)27-21(23)18-6-5-7-20(12-18)28(24,25)22-13-15(2)26-16(3)14-22/h5-12,15-16H,4,13-14H2,1-3H3. The number of sulfonamides is 1. The summed E-state index contributed by atoms with van der Waals surface area (Å²) in [5.74, 6) is -0.170. The van der Waals surface area contributed by atoms with Crippen molar-refractivity contribution in [1.29, 1.82) is 0 Å². The van der Waals surface area contributed by atoms with Crippen molar-refractivity contribution in [2.24, 2.45) is 0 Å². The molecule has 1 aliphatic rings. The second kappa shape index (κ2) is 8.43. The largest absolute Gasteiger partial charge is 0.423 e. The van der Waals surface area contributed by atoms with Gasteiger partial charge in [-0.25, -0.2) is 13.2 Å². The molecule has 0 aliphatic carbocycles. The van der Waals surface area contributed by atoms with Crippen LogP contribution in [0.25, 0.3) is 0 Å². The Hall–Kier alpha value is -2.22. The fourth-order valence-electron chi connectivity index (χ4n) is 3.22. The lowest BCUT2D eigenvalue weighted by molar-refractivity contribution is -0.0440. The molecule has 0 radical (unpaired) electrons. The molecule has 1 aliphatic heterocycles. The van der Waals surface area contributed by atoms with Crippen LogP contribution >= 0.6 is 0 Å². The van der Waals surface area contributed by atoms with E-state index in [4.69, 9.17) is 9.47 Å². The highest BCUT2D eigenvalue weighted by Gasteiger charge is 2.32. The van der Waals surface area contributed by atoms with Crippen molar-refractivity contribution in [3.63, 3.8) is 0 Å². The Morgan fingerprint density at radius 1 is 1.11 bits per heavy atom. The zero-order valence-electron chi connectivity index (χ0n) is 16.3. The van der Waals surface area contributed by atoms with Gasteiger partial charge in [0.25, 0.3) is 0 Å². The van der Waals surface area contributed by atoms with Crippen LogP contribution in [-0.4, -0.2) is 44.0 Å². The molecule has 0 aromatic heterocycles. The first-order valence-electron chi connectivity index (χ1n) is 9.36. The normalized spacial score (nSPS) is 20.7. The molecule has 0 saturated carbocycles. The predicted molar refractivity (Wildman–Crippen MR) is 106 cm³/mol. The maximum Gasteiger partial charge on any atom is 0.343 e. The second-order valence-electron chi connectivity index (χ2n) is 6.99. The van der Waals surface area contributed by atoms with E-state index in [1.54, 1.807) is 24.3 Å². The Morgan fingerprint density at radius 3 is 2.36 bits per heavy atom. The van der Waals surface area contributed by atoms with Gasteiger partial charge in [0, 0.05) is 13.1 Å². The molecular weight excluding hydrogens is 378 g/mol. The number of esters is 1. The molecule has 1 heterocycles. The molecule has 3 rings (SSSR count). The van der Waals surface area contributed by atoms with E-state index in [1.807, 2.05) is 32.9 Å². The number of nitrogens with zero attached hydrogens (tertiary/aromatic N) is 1. The maximum atomic E-state index is 13.0. The molecule has 150 valence electrons. The van der Waals surface area contributed by atoms with Crippen molar-refractivity contribution < 1.29 is 22.7 Å². The maximum absolute atomic E-state index is 13.0. The van der Waals surface area contributed by atoms with E-state index < -0.39 is 16.0 Å². The smallest absolute Gasteiger partial charge is 0.343 e. The highest BCUT2D eigenvalue weighted by Crippen LogP contribution is 2.23. The van der Waals surface area contributed by atoms with Crippen LogP contribution in [0.5, 0.6) is 5.75 Å². The van der Waals surface area contributed by atoms with E-state index in [0.29, 0.717) is 5.75 Å². The van der Waals surface area contributed by atoms with E-state index in [2.05, 4.69) is 0 Å². The van der Waals surface area contributed by atoms with Crippen LogP contribution in [0, 0.1) is 0 Å². The van der Waals surface area contributed by atoms with E-state index in [0.717, 1.165) is 12.0 Å². The van der Waals surface area contributed by atoms with Gasteiger partial charge in [-0.05, 0) is 56.2 Å². The topological polar surface area (TPSA) is 72.9 Å². The fourth-order valence-corrected chi connectivity index (χ4v) is 4.86. The van der Waals surface area contributed by atoms with Gasteiger partial charge >= 0.3 is 5.97 Å². The Balaban J connectivity index is 1.79. The van der Waals surface area contributed by atoms with Gasteiger partial charge in [-0.15, -0.1) is 0 Å². The molecule has 2 aromatic carbocycles. The molecule has 2 aromatic rings. The van der Waals surface area contributed by atoms with E-state index in [1.165, 1.54) is 16.4 Å². The summed E-state index contributed by atoms with van der Waals surface area (Å²) in [6.07, 6.45) is 0.530. The van der Waals surface area contributed by atoms with Gasteiger partial charge in [-0.1, -0.05) is 25.1 Å². The molecule has 0 bridgehead atoms. The van der Waals surface area contributed by atoms with Crippen LogP contribution in [0.1, 0.15) is 36.7 Å². The summed E-state index contributed by atoms with van der Waals surface area (Å²) in [6, 6.07) is 13.2. The minimum atomic E-state index is -3.72. The Labute approximate surface area is 166 Å². The monoisotopic (exact) mass is 403 g/mol. The summed E-state index contributed by atoms with van der Waals surface area (Å²) < 4.78 is 38.4. The first-order valence-corrected chi connectivity index (χ1v) is 10.8. The van der Waals surface area contributed by atoms with Crippen LogP contribution in [0.2, 0.25) is 0 Å². The van der Waals surface area contributed by atoms with Crippen molar-refractivity contribution in [3.8, 4) is 5.75 Å². The summed E-state index contributed by atoms with van der Waals surface area (Å²) in [5.41, 5.74) is 1.33. The minimum absolute atomic E-state index is 0.0737. The lowest BCUT2D eigenvalue weighted by Crippen LogP contribution is -2.48. The number of aryl methyl sites for hydroxylation is 1. The number of ether oxygens (including phenoxy) is 2. The van der Waals surface area contributed by atoms with Gasteiger partial charge in [0.15, 0.2) is 0 Å². The Morgan fingerprint density at radius 2 is 1.75 bits per heavy atom. The van der Waals surface area contributed by atoms with Crippen molar-refractivity contribution in [3.05, 3.63) is 59.7 Å². The molecule has 2 atom stereocenters. The van der Waals surface area contributed by atoms with Crippen molar-refractivity contribution in [2.45, 2.75) is 44.3 Å². The zero-order chi connectivity index (χ0) is 20.3. The summed E-state index contributed by atoms with van der Waals surface area (Å²) in [7, 11) is -3.72. The van der Waals surface area contributed by atoms with E-state index >= 15 is 0 Å². The Bertz CT molecular complexity index is 930. The molecule has 1 saturated heterocycles. The average Bonchev–Trinajstić information content (AvgIpc) is 2.68. The summed E-state index contributed by atoms with van der Waals surface area (Å²) in [6.45, 7) is 6.30. The third-order valence-corrected chi connectivity index (χ3v) is 6.46. The number of hydrogen-bond acceptors (Lipinski definition) is 5. The minimum Gasteiger partial charge on any atom is -0.423 e. The van der Waals surface area contributed by atoms with Crippen LogP contribution in [-0.2, 0) is 21.2 Å². The molecule has 0 amide bonds. The van der Waals surface area contributed by atoms with Gasteiger partial charge in [0.05, 0.1) is 22.7 Å². The fraction of sp³-hybridized carbons (Fsp3) is 0.381. The van der Waals surface area contributed by atoms with Gasteiger partial charge < -0.3 is 9.47 Å². The van der Waals surface area contributed by atoms with E-state index in [9.17, 15) is 13.2 Å². The quantitative estimate of drug-likeness (QED) is 0.566. The molecule has 7 heteroatoms. The lowest BCUT2D eigenvalue weighted by atomic mass is 10.2. The summed E-state index contributed by atoms with van der Waals surface area (Å²) >= 11 is 0. The molecule has 2 unspecified atom stereocenters. The van der Waals surface area contributed by atoms with Gasteiger partial charge in [-0.3, -0.25) is 0 Å². The molecule has 0 N–H and O–H groups in total. The number of morpholine rings is 1. The predicted octanol–water partition coefficient (Wildman–Crippen LogP) is 3.27.